The van der Waals surface area contributed by atoms with E-state index < -0.39 is 18.6 Å². The molecule has 2 nitrogen and oxygen atoms in total. The van der Waals surface area contributed by atoms with E-state index in [4.69, 9.17) is 4.74 Å². The molecule has 0 aromatic heterocycles. The summed E-state index contributed by atoms with van der Waals surface area (Å²) in [5, 5.41) is 2.88. The van der Waals surface area contributed by atoms with E-state index in [0.717, 1.165) is 11.1 Å². The van der Waals surface area contributed by atoms with Crippen LogP contribution in [0.5, 0.6) is 0 Å². The molecule has 0 amide bonds. The number of ether oxygens (including phenoxy) is 1. The van der Waals surface area contributed by atoms with Crippen LogP contribution in [-0.2, 0) is 17.9 Å². The van der Waals surface area contributed by atoms with Crippen LogP contribution < -0.4 is 5.32 Å². The van der Waals surface area contributed by atoms with E-state index in [-0.39, 0.29) is 0 Å². The zero-order valence-corrected chi connectivity index (χ0v) is 10.6. The summed E-state index contributed by atoms with van der Waals surface area (Å²) in [6.45, 7) is 2.41. The van der Waals surface area contributed by atoms with Crippen LogP contribution in [0.25, 0.3) is 0 Å². The van der Waals surface area contributed by atoms with Gasteiger partial charge in [-0.25, -0.2) is 0 Å². The Morgan fingerprint density at radius 3 is 2.39 bits per heavy atom. The number of halogens is 3. The van der Waals surface area contributed by atoms with E-state index in [2.05, 4.69) is 5.32 Å². The van der Waals surface area contributed by atoms with Gasteiger partial charge in [0, 0.05) is 19.7 Å². The summed E-state index contributed by atoms with van der Waals surface area (Å²) >= 11 is 0. The zero-order valence-electron chi connectivity index (χ0n) is 10.6. The van der Waals surface area contributed by atoms with Crippen molar-refractivity contribution in [2.24, 2.45) is 0 Å². The van der Waals surface area contributed by atoms with Gasteiger partial charge >= 0.3 is 6.18 Å². The Morgan fingerprint density at radius 1 is 1.22 bits per heavy atom. The fraction of sp³-hybridized carbons (Fsp3) is 0.538. The van der Waals surface area contributed by atoms with Crippen molar-refractivity contribution in [1.82, 2.24) is 5.32 Å². The third-order valence-corrected chi connectivity index (χ3v) is 2.60. The molecular weight excluding hydrogens is 243 g/mol. The summed E-state index contributed by atoms with van der Waals surface area (Å²) in [5.74, 6) is 0. The standard InChI is InChI=1S/C13H18F3NO/c1-10(7-13(14,15)16)17-8-11-5-3-4-6-12(11)9-18-2/h3-6,10,17H,7-9H2,1-2H3. The molecule has 0 radical (unpaired) electrons. The smallest absolute Gasteiger partial charge is 0.380 e. The van der Waals surface area contributed by atoms with Crippen molar-refractivity contribution in [3.05, 3.63) is 35.4 Å². The number of hydrogen-bond acceptors (Lipinski definition) is 2. The van der Waals surface area contributed by atoms with E-state index in [1.807, 2.05) is 24.3 Å². The lowest BCUT2D eigenvalue weighted by Gasteiger charge is -2.17. The van der Waals surface area contributed by atoms with Crippen molar-refractivity contribution in [3.63, 3.8) is 0 Å². The van der Waals surface area contributed by atoms with Gasteiger partial charge in [0.05, 0.1) is 13.0 Å². The SMILES string of the molecule is COCc1ccccc1CNC(C)CC(F)(F)F. The van der Waals surface area contributed by atoms with E-state index >= 15 is 0 Å². The second-order valence-corrected chi connectivity index (χ2v) is 4.30. The maximum Gasteiger partial charge on any atom is 0.390 e. The Hall–Kier alpha value is -1.07. The van der Waals surface area contributed by atoms with Crippen molar-refractivity contribution in [2.45, 2.75) is 38.7 Å². The summed E-state index contributed by atoms with van der Waals surface area (Å²) in [7, 11) is 1.59. The lowest BCUT2D eigenvalue weighted by Crippen LogP contribution is -2.31. The van der Waals surface area contributed by atoms with E-state index in [0.29, 0.717) is 13.2 Å². The first-order chi connectivity index (χ1) is 8.42. The van der Waals surface area contributed by atoms with Crippen molar-refractivity contribution in [2.75, 3.05) is 7.11 Å². The van der Waals surface area contributed by atoms with Crippen LogP contribution in [0, 0.1) is 0 Å². The van der Waals surface area contributed by atoms with Gasteiger partial charge in [0.2, 0.25) is 0 Å². The first kappa shape index (κ1) is 15.0. The molecule has 1 atom stereocenters. The predicted molar refractivity (Wildman–Crippen MR) is 64.1 cm³/mol. The van der Waals surface area contributed by atoms with Crippen molar-refractivity contribution in [3.8, 4) is 0 Å². The van der Waals surface area contributed by atoms with Crippen LogP contribution in [-0.4, -0.2) is 19.3 Å². The summed E-state index contributed by atoms with van der Waals surface area (Å²) in [5.41, 5.74) is 1.96. The molecule has 0 spiro atoms. The second-order valence-electron chi connectivity index (χ2n) is 4.30. The van der Waals surface area contributed by atoms with Crippen LogP contribution in [0.4, 0.5) is 13.2 Å². The highest BCUT2D eigenvalue weighted by atomic mass is 19.4. The molecule has 0 saturated carbocycles. The number of nitrogens with one attached hydrogen (secondary N) is 1. The van der Waals surface area contributed by atoms with Crippen molar-refractivity contribution in [1.29, 1.82) is 0 Å². The number of rotatable bonds is 6. The fourth-order valence-electron chi connectivity index (χ4n) is 1.73. The lowest BCUT2D eigenvalue weighted by molar-refractivity contribution is -0.139. The summed E-state index contributed by atoms with van der Waals surface area (Å²) in [6.07, 6.45) is -4.95. The largest absolute Gasteiger partial charge is 0.390 e. The summed E-state index contributed by atoms with van der Waals surface area (Å²) < 4.78 is 41.6. The third-order valence-electron chi connectivity index (χ3n) is 2.60. The zero-order chi connectivity index (χ0) is 13.6. The van der Waals surface area contributed by atoms with Gasteiger partial charge in [0.1, 0.15) is 0 Å². The molecule has 0 aliphatic heterocycles. The highest BCUT2D eigenvalue weighted by Crippen LogP contribution is 2.21. The van der Waals surface area contributed by atoms with E-state index in [1.54, 1.807) is 7.11 Å². The van der Waals surface area contributed by atoms with E-state index in [9.17, 15) is 13.2 Å². The molecule has 1 aromatic rings. The average molecular weight is 261 g/mol. The molecule has 1 rings (SSSR count). The molecule has 102 valence electrons. The minimum absolute atomic E-state index is 0.413. The highest BCUT2D eigenvalue weighted by Gasteiger charge is 2.29. The molecular formula is C13H18F3NO. The van der Waals surface area contributed by atoms with Gasteiger partial charge in [-0.3, -0.25) is 0 Å². The van der Waals surface area contributed by atoms with Gasteiger partial charge in [-0.05, 0) is 18.1 Å². The second kappa shape index (κ2) is 6.75. The quantitative estimate of drug-likeness (QED) is 0.848. The van der Waals surface area contributed by atoms with Gasteiger partial charge in [0.25, 0.3) is 0 Å². The minimum atomic E-state index is -4.13. The summed E-state index contributed by atoms with van der Waals surface area (Å²) in [4.78, 5) is 0. The summed E-state index contributed by atoms with van der Waals surface area (Å²) in [6, 6.07) is 6.96. The maximum absolute atomic E-state index is 12.2. The Morgan fingerprint density at radius 2 is 1.83 bits per heavy atom. The Bertz CT molecular complexity index is 365. The lowest BCUT2D eigenvalue weighted by atomic mass is 10.1. The van der Waals surface area contributed by atoms with Gasteiger partial charge < -0.3 is 10.1 Å². The van der Waals surface area contributed by atoms with Gasteiger partial charge in [0.15, 0.2) is 0 Å². The Kier molecular flexibility index (Phi) is 5.62. The molecule has 1 N–H and O–H groups in total. The van der Waals surface area contributed by atoms with Crippen LogP contribution in [0.1, 0.15) is 24.5 Å². The van der Waals surface area contributed by atoms with Crippen molar-refractivity contribution >= 4 is 0 Å². The topological polar surface area (TPSA) is 21.3 Å². The first-order valence-electron chi connectivity index (χ1n) is 5.78. The number of hydrogen-bond donors (Lipinski definition) is 1. The minimum Gasteiger partial charge on any atom is -0.380 e. The van der Waals surface area contributed by atoms with Gasteiger partial charge in [-0.1, -0.05) is 24.3 Å². The maximum atomic E-state index is 12.2. The Labute approximate surface area is 105 Å². The van der Waals surface area contributed by atoms with Crippen LogP contribution >= 0.6 is 0 Å². The molecule has 0 aliphatic rings. The molecule has 0 saturated heterocycles. The van der Waals surface area contributed by atoms with E-state index in [1.165, 1.54) is 6.92 Å². The fourth-order valence-corrected chi connectivity index (χ4v) is 1.73. The van der Waals surface area contributed by atoms with Crippen LogP contribution in [0.3, 0.4) is 0 Å². The van der Waals surface area contributed by atoms with Crippen LogP contribution in [0.15, 0.2) is 24.3 Å². The third kappa shape index (κ3) is 5.51. The molecule has 0 heterocycles. The molecule has 1 unspecified atom stereocenters. The molecule has 18 heavy (non-hydrogen) atoms. The molecule has 1 aromatic carbocycles. The molecule has 0 fully saturated rings. The normalized spacial score (nSPS) is 13.6. The predicted octanol–water partition coefficient (Wildman–Crippen LogP) is 3.26. The first-order valence-corrected chi connectivity index (χ1v) is 5.78. The number of methoxy groups -OCH3 is 1. The molecule has 0 bridgehead atoms. The monoisotopic (exact) mass is 261 g/mol. The Balaban J connectivity index is 2.52. The number of benzene rings is 1. The van der Waals surface area contributed by atoms with Crippen LogP contribution in [0.2, 0.25) is 0 Å². The van der Waals surface area contributed by atoms with Gasteiger partial charge in [-0.2, -0.15) is 13.2 Å². The molecule has 0 aliphatic carbocycles. The molecule has 5 heteroatoms. The highest BCUT2D eigenvalue weighted by molar-refractivity contribution is 5.26. The van der Waals surface area contributed by atoms with Gasteiger partial charge in [-0.15, -0.1) is 0 Å². The number of alkyl halides is 3. The average Bonchev–Trinajstić information content (AvgIpc) is 2.26. The van der Waals surface area contributed by atoms with Crippen molar-refractivity contribution < 1.29 is 17.9 Å².